The van der Waals surface area contributed by atoms with Crippen LogP contribution in [0.5, 0.6) is 0 Å². The zero-order valence-electron chi connectivity index (χ0n) is 10.4. The van der Waals surface area contributed by atoms with E-state index in [0.717, 1.165) is 26.2 Å². The Kier molecular flexibility index (Phi) is 5.03. The fourth-order valence-corrected chi connectivity index (χ4v) is 2.52. The second kappa shape index (κ2) is 6.55. The summed E-state index contributed by atoms with van der Waals surface area (Å²) in [6, 6.07) is 0. The molecule has 0 saturated carbocycles. The summed E-state index contributed by atoms with van der Waals surface area (Å²) >= 11 is 0. The molecule has 4 nitrogen and oxygen atoms in total. The van der Waals surface area contributed by atoms with Crippen LogP contribution < -0.4 is 0 Å². The van der Waals surface area contributed by atoms with Gasteiger partial charge < -0.3 is 19.9 Å². The van der Waals surface area contributed by atoms with Crippen molar-refractivity contribution in [1.82, 2.24) is 9.80 Å². The summed E-state index contributed by atoms with van der Waals surface area (Å²) in [4.78, 5) is 5.11. The molecule has 0 atom stereocenters. The summed E-state index contributed by atoms with van der Waals surface area (Å²) < 4.78 is 5.38. The highest BCUT2D eigenvalue weighted by molar-refractivity contribution is 4.88. The highest BCUT2D eigenvalue weighted by atomic mass is 16.5. The molecule has 2 rings (SSSR count). The largest absolute Gasteiger partial charge is 0.660 e. The Morgan fingerprint density at radius 3 is 2.12 bits per heavy atom. The number of ether oxygens (including phenoxy) is 1. The molecule has 0 spiro atoms. The topological polar surface area (TPSA) is 29.8 Å². The molecule has 2 heterocycles. The van der Waals surface area contributed by atoms with Crippen LogP contribution in [0.2, 0.25) is 0 Å². The summed E-state index contributed by atoms with van der Waals surface area (Å²) in [5.41, 5.74) is 0. The normalized spacial score (nSPS) is 26.1. The number of rotatable bonds is 4. The summed E-state index contributed by atoms with van der Waals surface area (Å²) in [6.45, 7) is 9.23. The summed E-state index contributed by atoms with van der Waals surface area (Å²) in [5.74, 6) is 0. The molecule has 2 aliphatic heterocycles. The zero-order valence-corrected chi connectivity index (χ0v) is 10.4. The van der Waals surface area contributed by atoms with Gasteiger partial charge in [0.05, 0.1) is 6.10 Å². The predicted molar refractivity (Wildman–Crippen MR) is 66.0 cm³/mol. The Labute approximate surface area is 98.9 Å². The lowest BCUT2D eigenvalue weighted by atomic mass is 10.1. The first-order valence-electron chi connectivity index (χ1n) is 6.49. The molecule has 94 valence electrons. The molecule has 2 saturated heterocycles. The van der Waals surface area contributed by atoms with E-state index >= 15 is 0 Å². The molecule has 16 heavy (non-hydrogen) atoms. The van der Waals surface area contributed by atoms with Gasteiger partial charge in [-0.3, -0.25) is 0 Å². The molecule has 0 aromatic carbocycles. The molecule has 2 aliphatic rings. The van der Waals surface area contributed by atoms with Crippen LogP contribution in [-0.2, 0) is 4.74 Å². The predicted octanol–water partition coefficient (Wildman–Crippen LogP) is 0.786. The molecule has 0 bridgehead atoms. The van der Waals surface area contributed by atoms with Crippen LogP contribution in [0.25, 0.3) is 5.32 Å². The van der Waals surface area contributed by atoms with Crippen LogP contribution in [0, 0.1) is 0 Å². The van der Waals surface area contributed by atoms with Crippen LogP contribution in [0.4, 0.5) is 0 Å². The van der Waals surface area contributed by atoms with Crippen LogP contribution in [0.1, 0.15) is 12.8 Å². The third-order valence-corrected chi connectivity index (χ3v) is 3.75. The second-order valence-electron chi connectivity index (χ2n) is 4.79. The third-order valence-electron chi connectivity index (χ3n) is 3.75. The van der Waals surface area contributed by atoms with E-state index in [1.165, 1.54) is 39.0 Å². The van der Waals surface area contributed by atoms with Crippen molar-refractivity contribution in [2.45, 2.75) is 18.9 Å². The number of likely N-dealkylation sites (tertiary alicyclic amines) is 1. The van der Waals surface area contributed by atoms with Gasteiger partial charge in [-0.05, 0) is 25.9 Å². The van der Waals surface area contributed by atoms with Gasteiger partial charge in [0.2, 0.25) is 0 Å². The molecular formula is C12H24N3O-. The van der Waals surface area contributed by atoms with E-state index in [-0.39, 0.29) is 0 Å². The average Bonchev–Trinajstić information content (AvgIpc) is 2.38. The Balaban J connectivity index is 1.59. The van der Waals surface area contributed by atoms with Crippen molar-refractivity contribution in [3.63, 3.8) is 0 Å². The van der Waals surface area contributed by atoms with E-state index in [1.54, 1.807) is 0 Å². The lowest BCUT2D eigenvalue weighted by Gasteiger charge is -2.37. The lowest BCUT2D eigenvalue weighted by molar-refractivity contribution is 0.0383. The molecule has 0 aromatic heterocycles. The van der Waals surface area contributed by atoms with Crippen LogP contribution in [-0.4, -0.2) is 75.4 Å². The SMILES string of the molecule is COC1CCN(CCN2CC[N-]CC2)CC1. The highest BCUT2D eigenvalue weighted by Gasteiger charge is 2.18. The minimum atomic E-state index is 0.505. The molecule has 0 aliphatic carbocycles. The van der Waals surface area contributed by atoms with Crippen molar-refractivity contribution in [2.24, 2.45) is 0 Å². The van der Waals surface area contributed by atoms with Crippen molar-refractivity contribution in [1.29, 1.82) is 0 Å². The van der Waals surface area contributed by atoms with Crippen LogP contribution >= 0.6 is 0 Å². The van der Waals surface area contributed by atoms with Gasteiger partial charge in [-0.25, -0.2) is 0 Å². The molecule has 0 N–H and O–H groups in total. The number of piperidine rings is 1. The van der Waals surface area contributed by atoms with Gasteiger partial charge in [0.1, 0.15) is 0 Å². The van der Waals surface area contributed by atoms with E-state index in [2.05, 4.69) is 15.1 Å². The smallest absolute Gasteiger partial charge is 0.0595 e. The van der Waals surface area contributed by atoms with Gasteiger partial charge in [0.15, 0.2) is 0 Å². The fourth-order valence-electron chi connectivity index (χ4n) is 2.52. The van der Waals surface area contributed by atoms with Crippen molar-refractivity contribution in [3.8, 4) is 0 Å². The quantitative estimate of drug-likeness (QED) is 0.710. The standard InChI is InChI=1S/C12H24N3O/c1-16-12-2-6-14(7-3-12)10-11-15-8-4-13-5-9-15/h12H,2-11H2,1H3/q-1. The van der Waals surface area contributed by atoms with E-state index in [0.29, 0.717) is 6.10 Å². The monoisotopic (exact) mass is 226 g/mol. The van der Waals surface area contributed by atoms with Crippen LogP contribution in [0.3, 0.4) is 0 Å². The number of methoxy groups -OCH3 is 1. The molecule has 0 radical (unpaired) electrons. The highest BCUT2D eigenvalue weighted by Crippen LogP contribution is 2.12. The third kappa shape index (κ3) is 3.70. The van der Waals surface area contributed by atoms with Crippen molar-refractivity contribution in [3.05, 3.63) is 5.32 Å². The minimum absolute atomic E-state index is 0.505. The maximum Gasteiger partial charge on any atom is 0.0595 e. The molecule has 2 fully saturated rings. The lowest BCUT2D eigenvalue weighted by Crippen LogP contribution is -2.43. The maximum atomic E-state index is 5.38. The van der Waals surface area contributed by atoms with Crippen molar-refractivity contribution >= 4 is 0 Å². The van der Waals surface area contributed by atoms with Crippen molar-refractivity contribution < 1.29 is 4.74 Å². The molecule has 0 amide bonds. The van der Waals surface area contributed by atoms with Crippen molar-refractivity contribution in [2.75, 3.05) is 59.5 Å². The van der Waals surface area contributed by atoms with E-state index in [9.17, 15) is 0 Å². The maximum absolute atomic E-state index is 5.38. The van der Waals surface area contributed by atoms with E-state index < -0.39 is 0 Å². The first-order chi connectivity index (χ1) is 7.88. The summed E-state index contributed by atoms with van der Waals surface area (Å²) in [6.07, 6.45) is 2.91. The van der Waals surface area contributed by atoms with Gasteiger partial charge in [-0.1, -0.05) is 0 Å². The van der Waals surface area contributed by atoms with Gasteiger partial charge >= 0.3 is 0 Å². The van der Waals surface area contributed by atoms with Gasteiger partial charge in [-0.15, -0.1) is 13.1 Å². The van der Waals surface area contributed by atoms with E-state index in [4.69, 9.17) is 4.74 Å². The second-order valence-corrected chi connectivity index (χ2v) is 4.79. The Morgan fingerprint density at radius 1 is 1.00 bits per heavy atom. The van der Waals surface area contributed by atoms with Gasteiger partial charge in [0, 0.05) is 33.3 Å². The molecule has 4 heteroatoms. The minimum Gasteiger partial charge on any atom is -0.660 e. The first-order valence-corrected chi connectivity index (χ1v) is 6.49. The molecular weight excluding hydrogens is 202 g/mol. The number of piperazine rings is 1. The fraction of sp³-hybridized carbons (Fsp3) is 1.00. The first kappa shape index (κ1) is 12.3. The Hall–Kier alpha value is -0.160. The Morgan fingerprint density at radius 2 is 1.56 bits per heavy atom. The van der Waals surface area contributed by atoms with Gasteiger partial charge in [-0.2, -0.15) is 0 Å². The molecule has 0 aromatic rings. The van der Waals surface area contributed by atoms with Gasteiger partial charge in [0.25, 0.3) is 0 Å². The number of nitrogens with zero attached hydrogens (tertiary/aromatic N) is 3. The molecule has 0 unspecified atom stereocenters. The number of hydrogen-bond donors (Lipinski definition) is 0. The summed E-state index contributed by atoms with van der Waals surface area (Å²) in [7, 11) is 1.83. The summed E-state index contributed by atoms with van der Waals surface area (Å²) in [5, 5.41) is 4.37. The average molecular weight is 226 g/mol. The van der Waals surface area contributed by atoms with Crippen LogP contribution in [0.15, 0.2) is 0 Å². The zero-order chi connectivity index (χ0) is 11.2. The van der Waals surface area contributed by atoms with E-state index in [1.807, 2.05) is 7.11 Å². The Bertz CT molecular complexity index is 187. The number of hydrogen-bond acceptors (Lipinski definition) is 3.